The number of fused-ring (bicyclic) bond motifs is 1. The van der Waals surface area contributed by atoms with Crippen LogP contribution in [0.1, 0.15) is 48.0 Å². The molecule has 4 rings (SSSR count). The van der Waals surface area contributed by atoms with E-state index >= 15 is 0 Å². The Morgan fingerprint density at radius 3 is 2.62 bits per heavy atom. The van der Waals surface area contributed by atoms with Gasteiger partial charge >= 0.3 is 0 Å². The van der Waals surface area contributed by atoms with Gasteiger partial charge in [-0.25, -0.2) is 0 Å². The van der Waals surface area contributed by atoms with Crippen LogP contribution in [0.4, 0.5) is 5.69 Å². The van der Waals surface area contributed by atoms with E-state index in [0.29, 0.717) is 16.2 Å². The molecule has 0 atom stereocenters. The number of hydrogen-bond donors (Lipinski definition) is 2. The quantitative estimate of drug-likeness (QED) is 0.710. The molecule has 0 aromatic heterocycles. The molecule has 0 spiro atoms. The Morgan fingerprint density at radius 2 is 1.90 bits per heavy atom. The summed E-state index contributed by atoms with van der Waals surface area (Å²) in [4.78, 5) is 26.7. The molecule has 2 aliphatic rings. The number of nitrogens with one attached hydrogen (secondary N) is 2. The van der Waals surface area contributed by atoms with E-state index in [2.05, 4.69) is 10.6 Å². The monoisotopic (exact) mass is 408 g/mol. The van der Waals surface area contributed by atoms with Crippen molar-refractivity contribution >= 4 is 35.3 Å². The highest BCUT2D eigenvalue weighted by atomic mass is 32.2. The normalized spacial score (nSPS) is 18.1. The van der Waals surface area contributed by atoms with Gasteiger partial charge in [-0.3, -0.25) is 9.59 Å². The third-order valence-electron chi connectivity index (χ3n) is 5.29. The highest BCUT2D eigenvalue weighted by molar-refractivity contribution is 8.04. The number of benzene rings is 2. The molecule has 1 saturated carbocycles. The van der Waals surface area contributed by atoms with Crippen LogP contribution in [-0.2, 0) is 4.79 Å². The fourth-order valence-electron chi connectivity index (χ4n) is 3.67. The molecule has 0 bridgehead atoms. The molecular formula is C23H24N2O3S. The number of anilines is 1. The number of ether oxygens (including phenoxy) is 1. The van der Waals surface area contributed by atoms with Crippen LogP contribution in [0.5, 0.6) is 5.75 Å². The van der Waals surface area contributed by atoms with E-state index in [1.54, 1.807) is 13.2 Å². The maximum atomic E-state index is 12.6. The molecular weight excluding hydrogens is 384 g/mol. The Balaban J connectivity index is 1.48. The summed E-state index contributed by atoms with van der Waals surface area (Å²) in [7, 11) is 1.62. The van der Waals surface area contributed by atoms with Crippen molar-refractivity contribution in [1.82, 2.24) is 5.32 Å². The molecule has 0 saturated heterocycles. The van der Waals surface area contributed by atoms with E-state index in [9.17, 15) is 9.59 Å². The van der Waals surface area contributed by atoms with E-state index in [-0.39, 0.29) is 17.9 Å². The van der Waals surface area contributed by atoms with Crippen molar-refractivity contribution in [2.75, 3.05) is 12.4 Å². The fourth-order valence-corrected chi connectivity index (χ4v) is 4.60. The molecule has 0 unspecified atom stereocenters. The van der Waals surface area contributed by atoms with Crippen molar-refractivity contribution in [1.29, 1.82) is 0 Å². The molecule has 2 aromatic rings. The van der Waals surface area contributed by atoms with E-state index < -0.39 is 0 Å². The molecule has 1 fully saturated rings. The van der Waals surface area contributed by atoms with Gasteiger partial charge in [0.15, 0.2) is 0 Å². The van der Waals surface area contributed by atoms with Crippen molar-refractivity contribution in [3.63, 3.8) is 0 Å². The lowest BCUT2D eigenvalue weighted by Crippen LogP contribution is -2.36. The molecule has 2 aromatic carbocycles. The molecule has 1 aliphatic carbocycles. The maximum Gasteiger partial charge on any atom is 0.262 e. The Hall–Kier alpha value is -2.73. The van der Waals surface area contributed by atoms with Gasteiger partial charge in [0.25, 0.3) is 11.8 Å². The van der Waals surface area contributed by atoms with Crippen LogP contribution < -0.4 is 15.4 Å². The molecule has 5 nitrogen and oxygen atoms in total. The Kier molecular flexibility index (Phi) is 5.90. The number of carbonyl (C=O) groups is 2. The van der Waals surface area contributed by atoms with Crippen molar-refractivity contribution in [2.24, 2.45) is 0 Å². The first-order valence-electron chi connectivity index (χ1n) is 9.92. The van der Waals surface area contributed by atoms with Gasteiger partial charge in [0, 0.05) is 16.5 Å². The zero-order valence-electron chi connectivity index (χ0n) is 16.4. The Bertz CT molecular complexity index is 947. The highest BCUT2D eigenvalue weighted by Gasteiger charge is 2.23. The fraction of sp³-hybridized carbons (Fsp3) is 0.304. The topological polar surface area (TPSA) is 67.4 Å². The summed E-state index contributed by atoms with van der Waals surface area (Å²) in [5, 5.41) is 6.04. The van der Waals surface area contributed by atoms with Gasteiger partial charge in [-0.15, -0.1) is 0 Å². The molecule has 2 N–H and O–H groups in total. The second-order valence-electron chi connectivity index (χ2n) is 7.36. The average Bonchev–Trinajstić information content (AvgIpc) is 2.75. The lowest BCUT2D eigenvalue weighted by molar-refractivity contribution is -0.112. The molecule has 1 heterocycles. The van der Waals surface area contributed by atoms with Crippen LogP contribution in [0, 0.1) is 0 Å². The lowest BCUT2D eigenvalue weighted by atomic mass is 9.95. The molecule has 29 heavy (non-hydrogen) atoms. The average molecular weight is 409 g/mol. The molecule has 1 aliphatic heterocycles. The number of rotatable bonds is 4. The van der Waals surface area contributed by atoms with Crippen molar-refractivity contribution < 1.29 is 14.3 Å². The molecule has 0 radical (unpaired) electrons. The maximum absolute atomic E-state index is 12.6. The predicted octanol–water partition coefficient (Wildman–Crippen LogP) is 4.84. The lowest BCUT2D eigenvalue weighted by Gasteiger charge is -2.23. The van der Waals surface area contributed by atoms with Gasteiger partial charge in [-0.2, -0.15) is 0 Å². The SMILES string of the molecule is COc1ccc(C=C2Sc3ccc(C(=O)NC4CCCCC4)cc3NC2=O)cc1. The first-order valence-corrected chi connectivity index (χ1v) is 10.7. The summed E-state index contributed by atoms with van der Waals surface area (Å²) in [6.07, 6.45) is 7.54. The second-order valence-corrected chi connectivity index (χ2v) is 8.44. The number of methoxy groups -OCH3 is 1. The minimum Gasteiger partial charge on any atom is -0.497 e. The van der Waals surface area contributed by atoms with Gasteiger partial charge in [0.2, 0.25) is 0 Å². The first-order chi connectivity index (χ1) is 14.1. The van der Waals surface area contributed by atoms with Crippen molar-refractivity contribution in [2.45, 2.75) is 43.0 Å². The minimum atomic E-state index is -0.164. The predicted molar refractivity (Wildman–Crippen MR) is 116 cm³/mol. The van der Waals surface area contributed by atoms with Crippen LogP contribution in [-0.4, -0.2) is 25.0 Å². The zero-order valence-corrected chi connectivity index (χ0v) is 17.2. The summed E-state index contributed by atoms with van der Waals surface area (Å²) < 4.78 is 5.17. The molecule has 6 heteroatoms. The van der Waals surface area contributed by atoms with Crippen LogP contribution in [0.15, 0.2) is 52.3 Å². The number of thioether (sulfide) groups is 1. The summed E-state index contributed by atoms with van der Waals surface area (Å²) in [6, 6.07) is 13.3. The number of carbonyl (C=O) groups excluding carboxylic acids is 2. The Labute approximate surface area is 174 Å². The van der Waals surface area contributed by atoms with Gasteiger partial charge in [-0.1, -0.05) is 43.2 Å². The zero-order chi connectivity index (χ0) is 20.2. The van der Waals surface area contributed by atoms with Gasteiger partial charge in [0.05, 0.1) is 17.7 Å². The smallest absolute Gasteiger partial charge is 0.262 e. The van der Waals surface area contributed by atoms with Gasteiger partial charge in [0.1, 0.15) is 5.75 Å². The van der Waals surface area contributed by atoms with E-state index in [4.69, 9.17) is 4.74 Å². The van der Waals surface area contributed by atoms with E-state index in [1.165, 1.54) is 31.0 Å². The van der Waals surface area contributed by atoms with Crippen molar-refractivity contribution in [3.05, 3.63) is 58.5 Å². The summed E-state index contributed by atoms with van der Waals surface area (Å²) in [5.41, 5.74) is 2.19. The number of hydrogen-bond acceptors (Lipinski definition) is 4. The summed E-state index contributed by atoms with van der Waals surface area (Å²) in [5.74, 6) is 0.541. The third-order valence-corrected chi connectivity index (χ3v) is 6.39. The Morgan fingerprint density at radius 1 is 1.14 bits per heavy atom. The first kappa shape index (κ1) is 19.6. The van der Waals surface area contributed by atoms with E-state index in [0.717, 1.165) is 29.1 Å². The van der Waals surface area contributed by atoms with Gasteiger partial charge < -0.3 is 15.4 Å². The van der Waals surface area contributed by atoms with Crippen LogP contribution in [0.3, 0.4) is 0 Å². The van der Waals surface area contributed by atoms with Crippen molar-refractivity contribution in [3.8, 4) is 5.75 Å². The minimum absolute atomic E-state index is 0.0708. The third kappa shape index (κ3) is 4.65. The standard InChI is InChI=1S/C23H24N2O3S/c1-28-18-10-7-15(8-11-18)13-21-23(27)25-19-14-16(9-12-20(19)29-21)22(26)24-17-5-3-2-4-6-17/h7-14,17H,2-6H2,1H3,(H,24,26)(H,25,27). The van der Waals surface area contributed by atoms with Gasteiger partial charge in [-0.05, 0) is 54.8 Å². The summed E-state index contributed by atoms with van der Waals surface area (Å²) in [6.45, 7) is 0. The van der Waals surface area contributed by atoms with Crippen LogP contribution in [0.25, 0.3) is 6.08 Å². The van der Waals surface area contributed by atoms with Crippen LogP contribution >= 0.6 is 11.8 Å². The number of amides is 2. The molecule has 150 valence electrons. The highest BCUT2D eigenvalue weighted by Crippen LogP contribution is 2.39. The van der Waals surface area contributed by atoms with Crippen LogP contribution in [0.2, 0.25) is 0 Å². The second kappa shape index (κ2) is 8.74. The summed E-state index contributed by atoms with van der Waals surface area (Å²) >= 11 is 1.41. The largest absolute Gasteiger partial charge is 0.497 e. The molecule has 2 amide bonds. The van der Waals surface area contributed by atoms with E-state index in [1.807, 2.05) is 42.5 Å².